The highest BCUT2D eigenvalue weighted by Gasteiger charge is 2.21. The Kier molecular flexibility index (Phi) is 5.76. The first-order chi connectivity index (χ1) is 14.2. The van der Waals surface area contributed by atoms with Crippen LogP contribution in [0.4, 0.5) is 4.39 Å². The lowest BCUT2D eigenvalue weighted by Crippen LogP contribution is -2.29. The number of halogens is 1. The Bertz CT molecular complexity index is 1000. The maximum atomic E-state index is 13.0. The van der Waals surface area contributed by atoms with Crippen LogP contribution in [0.2, 0.25) is 0 Å². The number of ether oxygens (including phenoxy) is 1. The van der Waals surface area contributed by atoms with E-state index in [1.807, 2.05) is 23.6 Å². The number of hydrogen-bond donors (Lipinski definition) is 0. The van der Waals surface area contributed by atoms with Crippen molar-refractivity contribution in [1.29, 1.82) is 0 Å². The van der Waals surface area contributed by atoms with Crippen LogP contribution in [0.15, 0.2) is 81.1 Å². The van der Waals surface area contributed by atoms with Crippen LogP contribution in [0.3, 0.4) is 0 Å². The van der Waals surface area contributed by atoms with Crippen LogP contribution in [0, 0.1) is 5.82 Å². The molecule has 29 heavy (non-hydrogen) atoms. The van der Waals surface area contributed by atoms with E-state index in [0.29, 0.717) is 30.4 Å². The molecular weight excluding hydrogens is 393 g/mol. The van der Waals surface area contributed by atoms with Gasteiger partial charge < -0.3 is 18.5 Å². The Balaban J connectivity index is 1.44. The summed E-state index contributed by atoms with van der Waals surface area (Å²) >= 11 is 1.59. The molecule has 0 fully saturated rings. The molecule has 3 aromatic heterocycles. The van der Waals surface area contributed by atoms with Gasteiger partial charge in [-0.2, -0.15) is 0 Å². The zero-order valence-corrected chi connectivity index (χ0v) is 16.2. The van der Waals surface area contributed by atoms with E-state index in [1.165, 1.54) is 24.3 Å². The largest absolute Gasteiger partial charge is 0.486 e. The molecule has 0 spiro atoms. The smallest absolute Gasteiger partial charge is 0.290 e. The summed E-state index contributed by atoms with van der Waals surface area (Å²) < 4.78 is 29.6. The summed E-state index contributed by atoms with van der Waals surface area (Å²) in [6, 6.07) is 16.6. The normalized spacial score (nSPS) is 10.8. The first-order valence-electron chi connectivity index (χ1n) is 8.98. The molecule has 5 nitrogen and oxygen atoms in total. The first-order valence-corrected chi connectivity index (χ1v) is 9.86. The zero-order chi connectivity index (χ0) is 20.1. The van der Waals surface area contributed by atoms with E-state index < -0.39 is 0 Å². The average Bonchev–Trinajstić information content (AvgIpc) is 3.49. The van der Waals surface area contributed by atoms with Gasteiger partial charge in [0.2, 0.25) is 0 Å². The van der Waals surface area contributed by atoms with Crippen LogP contribution < -0.4 is 4.74 Å². The third-order valence-corrected chi connectivity index (χ3v) is 5.07. The molecule has 4 rings (SSSR count). The minimum absolute atomic E-state index is 0.141. The predicted octanol–water partition coefficient (Wildman–Crippen LogP) is 5.49. The van der Waals surface area contributed by atoms with Crippen LogP contribution in [-0.2, 0) is 19.7 Å². The maximum absolute atomic E-state index is 13.0. The predicted molar refractivity (Wildman–Crippen MR) is 106 cm³/mol. The van der Waals surface area contributed by atoms with Crippen LogP contribution in [0.25, 0.3) is 0 Å². The molecule has 0 saturated heterocycles. The van der Waals surface area contributed by atoms with Gasteiger partial charge in [-0.1, -0.05) is 6.07 Å². The van der Waals surface area contributed by atoms with E-state index in [2.05, 4.69) is 0 Å². The van der Waals surface area contributed by atoms with Crippen molar-refractivity contribution in [3.8, 4) is 5.75 Å². The highest BCUT2D eigenvalue weighted by atomic mass is 32.1. The average molecular weight is 411 g/mol. The quantitative estimate of drug-likeness (QED) is 0.384. The molecule has 0 aliphatic carbocycles. The van der Waals surface area contributed by atoms with Gasteiger partial charge in [0.25, 0.3) is 5.91 Å². The molecule has 0 atom stereocenters. The van der Waals surface area contributed by atoms with E-state index in [1.54, 1.807) is 40.7 Å². The van der Waals surface area contributed by atoms with Gasteiger partial charge in [-0.3, -0.25) is 4.79 Å². The summed E-state index contributed by atoms with van der Waals surface area (Å²) in [6.07, 6.45) is 1.58. The summed E-state index contributed by atoms with van der Waals surface area (Å²) in [4.78, 5) is 15.8. The lowest BCUT2D eigenvalue weighted by molar-refractivity contribution is 0.0683. The number of carbonyl (C=O) groups excluding carboxylic acids is 1. The fourth-order valence-electron chi connectivity index (χ4n) is 2.79. The minimum Gasteiger partial charge on any atom is -0.486 e. The van der Waals surface area contributed by atoms with Gasteiger partial charge in [-0.05, 0) is 60.0 Å². The molecular formula is C22H18FNO4S. The van der Waals surface area contributed by atoms with Crippen molar-refractivity contribution >= 4 is 17.2 Å². The first kappa shape index (κ1) is 19.0. The number of thiophene rings is 1. The van der Waals surface area contributed by atoms with Crippen LogP contribution >= 0.6 is 11.3 Å². The molecule has 1 aromatic carbocycles. The van der Waals surface area contributed by atoms with Crippen molar-refractivity contribution in [2.45, 2.75) is 19.7 Å². The molecule has 7 heteroatoms. The molecule has 148 valence electrons. The standard InChI is InChI=1S/C22H18FNO4S/c23-16-5-7-17(8-6-16)27-15-19-9-10-21(28-19)22(25)24(13-18-3-1-11-26-18)14-20-4-2-12-29-20/h1-12H,13-15H2. The summed E-state index contributed by atoms with van der Waals surface area (Å²) in [5.74, 6) is 1.39. The van der Waals surface area contributed by atoms with E-state index in [4.69, 9.17) is 13.6 Å². The van der Waals surface area contributed by atoms with E-state index in [9.17, 15) is 9.18 Å². The third-order valence-electron chi connectivity index (χ3n) is 4.21. The molecule has 0 radical (unpaired) electrons. The summed E-state index contributed by atoms with van der Waals surface area (Å²) in [6.45, 7) is 0.938. The maximum Gasteiger partial charge on any atom is 0.290 e. The molecule has 0 bridgehead atoms. The van der Waals surface area contributed by atoms with Crippen molar-refractivity contribution in [3.05, 3.63) is 100 Å². The Hall–Kier alpha value is -3.32. The molecule has 0 aliphatic heterocycles. The van der Waals surface area contributed by atoms with Crippen LogP contribution in [0.1, 0.15) is 27.0 Å². The van der Waals surface area contributed by atoms with Crippen molar-refractivity contribution in [3.63, 3.8) is 0 Å². The lowest BCUT2D eigenvalue weighted by atomic mass is 10.3. The topological polar surface area (TPSA) is 55.8 Å². The van der Waals surface area contributed by atoms with E-state index in [-0.39, 0.29) is 24.1 Å². The number of hydrogen-bond acceptors (Lipinski definition) is 5. The van der Waals surface area contributed by atoms with Gasteiger partial charge in [0, 0.05) is 4.88 Å². The van der Waals surface area contributed by atoms with Gasteiger partial charge in [-0.15, -0.1) is 11.3 Å². The molecule has 0 saturated carbocycles. The second-order valence-corrected chi connectivity index (χ2v) is 7.36. The number of amides is 1. The number of carbonyl (C=O) groups is 1. The van der Waals surface area contributed by atoms with Gasteiger partial charge in [0.05, 0.1) is 19.4 Å². The molecule has 0 unspecified atom stereocenters. The fraction of sp³-hybridized carbons (Fsp3) is 0.136. The van der Waals surface area contributed by atoms with Gasteiger partial charge in [0.15, 0.2) is 5.76 Å². The van der Waals surface area contributed by atoms with E-state index in [0.717, 1.165) is 4.88 Å². The van der Waals surface area contributed by atoms with Crippen molar-refractivity contribution in [1.82, 2.24) is 4.90 Å². The minimum atomic E-state index is -0.328. The van der Waals surface area contributed by atoms with Crippen molar-refractivity contribution in [2.75, 3.05) is 0 Å². The van der Waals surface area contributed by atoms with Crippen molar-refractivity contribution in [2.24, 2.45) is 0 Å². The van der Waals surface area contributed by atoms with Gasteiger partial charge in [0.1, 0.15) is 29.7 Å². The van der Waals surface area contributed by atoms with Gasteiger partial charge in [-0.25, -0.2) is 4.39 Å². The summed E-state index contributed by atoms with van der Waals surface area (Å²) in [7, 11) is 0. The molecule has 0 N–H and O–H groups in total. The highest BCUT2D eigenvalue weighted by molar-refractivity contribution is 7.09. The molecule has 3 heterocycles. The SMILES string of the molecule is O=C(c1ccc(COc2ccc(F)cc2)o1)N(Cc1ccco1)Cc1cccs1. The zero-order valence-electron chi connectivity index (χ0n) is 15.4. The fourth-order valence-corrected chi connectivity index (χ4v) is 3.51. The number of benzene rings is 1. The number of rotatable bonds is 8. The Morgan fingerprint density at radius 1 is 1.00 bits per heavy atom. The monoisotopic (exact) mass is 411 g/mol. The van der Waals surface area contributed by atoms with Gasteiger partial charge >= 0.3 is 0 Å². The molecule has 4 aromatic rings. The lowest BCUT2D eigenvalue weighted by Gasteiger charge is -2.19. The molecule has 0 aliphatic rings. The number of nitrogens with zero attached hydrogens (tertiary/aromatic N) is 1. The second kappa shape index (κ2) is 8.79. The Morgan fingerprint density at radius 3 is 2.59 bits per heavy atom. The number of furan rings is 2. The third kappa shape index (κ3) is 4.94. The summed E-state index contributed by atoms with van der Waals surface area (Å²) in [5, 5.41) is 1.97. The Morgan fingerprint density at radius 2 is 1.86 bits per heavy atom. The van der Waals surface area contributed by atoms with E-state index >= 15 is 0 Å². The second-order valence-electron chi connectivity index (χ2n) is 6.33. The summed E-state index contributed by atoms with van der Waals surface area (Å²) in [5.41, 5.74) is 0. The highest BCUT2D eigenvalue weighted by Crippen LogP contribution is 2.20. The van der Waals surface area contributed by atoms with Crippen molar-refractivity contribution < 1.29 is 22.8 Å². The van der Waals surface area contributed by atoms with Crippen LogP contribution in [-0.4, -0.2) is 10.8 Å². The Labute approximate surface area is 170 Å². The van der Waals surface area contributed by atoms with Crippen LogP contribution in [0.5, 0.6) is 5.75 Å². The molecule has 1 amide bonds.